The summed E-state index contributed by atoms with van der Waals surface area (Å²) in [7, 11) is 0. The molecule has 1 saturated carbocycles. The van der Waals surface area contributed by atoms with Gasteiger partial charge in [0, 0.05) is 37.8 Å². The summed E-state index contributed by atoms with van der Waals surface area (Å²) in [5.41, 5.74) is 2.75. The molecule has 0 unspecified atom stereocenters. The first kappa shape index (κ1) is 18.4. The van der Waals surface area contributed by atoms with Crippen LogP contribution in [0.25, 0.3) is 0 Å². The van der Waals surface area contributed by atoms with Crippen molar-refractivity contribution in [2.75, 3.05) is 38.0 Å². The van der Waals surface area contributed by atoms with E-state index in [2.05, 4.69) is 10.6 Å². The van der Waals surface area contributed by atoms with Crippen molar-refractivity contribution in [1.82, 2.24) is 15.1 Å². The highest BCUT2D eigenvalue weighted by atomic mass is 16.2. The number of rotatable bonds is 4. The Morgan fingerprint density at radius 1 is 1.08 bits per heavy atom. The van der Waals surface area contributed by atoms with Gasteiger partial charge in [0.15, 0.2) is 0 Å². The van der Waals surface area contributed by atoms with Crippen LogP contribution in [-0.4, -0.2) is 60.4 Å². The molecule has 4 amide bonds. The quantitative estimate of drug-likeness (QED) is 0.855. The van der Waals surface area contributed by atoms with E-state index >= 15 is 0 Å². The van der Waals surface area contributed by atoms with Gasteiger partial charge >= 0.3 is 6.03 Å². The lowest BCUT2D eigenvalue weighted by Crippen LogP contribution is -2.52. The number of hydrogen-bond acceptors (Lipinski definition) is 4. The fourth-order valence-corrected chi connectivity index (χ4v) is 3.19. The van der Waals surface area contributed by atoms with Crippen LogP contribution in [0.3, 0.4) is 0 Å². The molecule has 0 aromatic heterocycles. The van der Waals surface area contributed by atoms with Crippen LogP contribution in [0.4, 0.5) is 10.5 Å². The monoisotopic (exact) mass is 358 g/mol. The molecule has 0 atom stereocenters. The average molecular weight is 358 g/mol. The maximum absolute atomic E-state index is 12.1. The molecule has 1 aliphatic heterocycles. The standard InChI is InChI=1S/C19H26N4O3/c1-13-3-6-16(14(2)11-13)20-19(26)21-17(24)12-22-7-9-23(10-8-22)18(25)15-4-5-15/h3,6,11,15H,4-5,7-10,12H2,1-2H3,(H2,20,21,24,26). The van der Waals surface area contributed by atoms with Crippen LogP contribution in [0.1, 0.15) is 24.0 Å². The zero-order valence-electron chi connectivity index (χ0n) is 15.4. The minimum Gasteiger partial charge on any atom is -0.340 e. The molecule has 0 spiro atoms. The topological polar surface area (TPSA) is 81.8 Å². The van der Waals surface area contributed by atoms with Gasteiger partial charge in [-0.3, -0.25) is 19.8 Å². The smallest absolute Gasteiger partial charge is 0.325 e. The van der Waals surface area contributed by atoms with Crippen LogP contribution < -0.4 is 10.6 Å². The van der Waals surface area contributed by atoms with Crippen LogP contribution in [0.15, 0.2) is 18.2 Å². The van der Waals surface area contributed by atoms with Gasteiger partial charge in [-0.15, -0.1) is 0 Å². The van der Waals surface area contributed by atoms with Crippen molar-refractivity contribution in [3.63, 3.8) is 0 Å². The fraction of sp³-hybridized carbons (Fsp3) is 0.526. The molecule has 26 heavy (non-hydrogen) atoms. The van der Waals surface area contributed by atoms with Gasteiger partial charge in [-0.1, -0.05) is 17.7 Å². The first-order chi connectivity index (χ1) is 12.4. The Bertz CT molecular complexity index is 707. The number of hydrogen-bond donors (Lipinski definition) is 2. The Labute approximate surface area is 153 Å². The third kappa shape index (κ3) is 4.82. The molecule has 2 N–H and O–H groups in total. The van der Waals surface area contributed by atoms with E-state index < -0.39 is 6.03 Å². The number of amides is 4. The predicted molar refractivity (Wildman–Crippen MR) is 98.8 cm³/mol. The number of imide groups is 1. The van der Waals surface area contributed by atoms with E-state index in [-0.39, 0.29) is 24.3 Å². The molecule has 1 aromatic rings. The zero-order valence-corrected chi connectivity index (χ0v) is 15.4. The average Bonchev–Trinajstić information content (AvgIpc) is 3.42. The second-order valence-corrected chi connectivity index (χ2v) is 7.20. The van der Waals surface area contributed by atoms with Gasteiger partial charge in [-0.2, -0.15) is 0 Å². The van der Waals surface area contributed by atoms with Crippen molar-refractivity contribution in [2.24, 2.45) is 5.92 Å². The van der Waals surface area contributed by atoms with Gasteiger partial charge in [0.1, 0.15) is 0 Å². The summed E-state index contributed by atoms with van der Waals surface area (Å²) in [6, 6.07) is 5.18. The Morgan fingerprint density at radius 2 is 1.77 bits per heavy atom. The minimum atomic E-state index is -0.524. The van der Waals surface area contributed by atoms with Crippen molar-refractivity contribution >= 4 is 23.5 Å². The number of piperazine rings is 1. The Kier molecular flexibility index (Phi) is 5.56. The summed E-state index contributed by atoms with van der Waals surface area (Å²) in [6.45, 7) is 6.67. The van der Waals surface area contributed by atoms with Crippen molar-refractivity contribution in [3.8, 4) is 0 Å². The van der Waals surface area contributed by atoms with E-state index in [1.165, 1.54) is 0 Å². The first-order valence-corrected chi connectivity index (χ1v) is 9.11. The third-order valence-corrected chi connectivity index (χ3v) is 4.86. The van der Waals surface area contributed by atoms with Crippen molar-refractivity contribution in [3.05, 3.63) is 29.3 Å². The van der Waals surface area contributed by atoms with Crippen LogP contribution in [0, 0.1) is 19.8 Å². The van der Waals surface area contributed by atoms with Gasteiger partial charge in [-0.25, -0.2) is 4.79 Å². The molecule has 2 fully saturated rings. The molecule has 140 valence electrons. The number of nitrogens with zero attached hydrogens (tertiary/aromatic N) is 2. The SMILES string of the molecule is Cc1ccc(NC(=O)NC(=O)CN2CCN(C(=O)C3CC3)CC2)c(C)c1. The first-order valence-electron chi connectivity index (χ1n) is 9.11. The summed E-state index contributed by atoms with van der Waals surface area (Å²) in [5, 5.41) is 5.07. The highest BCUT2D eigenvalue weighted by molar-refractivity contribution is 6.02. The van der Waals surface area contributed by atoms with Gasteiger partial charge in [0.2, 0.25) is 11.8 Å². The molecule has 0 radical (unpaired) electrons. The number of carbonyl (C=O) groups excluding carboxylic acids is 3. The summed E-state index contributed by atoms with van der Waals surface area (Å²) in [5.74, 6) is 0.148. The van der Waals surface area contributed by atoms with Gasteiger partial charge in [-0.05, 0) is 38.3 Å². The van der Waals surface area contributed by atoms with E-state index in [0.29, 0.717) is 31.9 Å². The fourth-order valence-electron chi connectivity index (χ4n) is 3.19. The Morgan fingerprint density at radius 3 is 2.38 bits per heavy atom. The van der Waals surface area contributed by atoms with Crippen LogP contribution in [-0.2, 0) is 9.59 Å². The van der Waals surface area contributed by atoms with Crippen molar-refractivity contribution in [2.45, 2.75) is 26.7 Å². The second kappa shape index (κ2) is 7.86. The summed E-state index contributed by atoms with van der Waals surface area (Å²) in [4.78, 5) is 40.0. The van der Waals surface area contributed by atoms with E-state index in [1.54, 1.807) is 0 Å². The summed E-state index contributed by atoms with van der Waals surface area (Å²) < 4.78 is 0. The maximum Gasteiger partial charge on any atom is 0.325 e. The molecular weight excluding hydrogens is 332 g/mol. The van der Waals surface area contributed by atoms with E-state index in [9.17, 15) is 14.4 Å². The number of carbonyl (C=O) groups is 3. The largest absolute Gasteiger partial charge is 0.340 e. The van der Waals surface area contributed by atoms with Crippen LogP contribution >= 0.6 is 0 Å². The predicted octanol–water partition coefficient (Wildman–Crippen LogP) is 1.51. The molecule has 2 aliphatic rings. The second-order valence-electron chi connectivity index (χ2n) is 7.20. The van der Waals surface area contributed by atoms with Gasteiger partial charge in [0.25, 0.3) is 0 Å². The molecule has 7 heteroatoms. The number of nitrogens with one attached hydrogen (secondary N) is 2. The zero-order chi connectivity index (χ0) is 18.7. The maximum atomic E-state index is 12.1. The Hall–Kier alpha value is -2.41. The summed E-state index contributed by atoms with van der Waals surface area (Å²) >= 11 is 0. The highest BCUT2D eigenvalue weighted by Gasteiger charge is 2.34. The minimum absolute atomic E-state index is 0.158. The lowest BCUT2D eigenvalue weighted by molar-refractivity contribution is -0.134. The lowest BCUT2D eigenvalue weighted by Gasteiger charge is -2.34. The third-order valence-electron chi connectivity index (χ3n) is 4.86. The molecule has 1 aliphatic carbocycles. The number of urea groups is 1. The number of benzene rings is 1. The lowest BCUT2D eigenvalue weighted by atomic mass is 10.1. The molecule has 1 saturated heterocycles. The molecule has 1 aromatic carbocycles. The molecule has 3 rings (SSSR count). The summed E-state index contributed by atoms with van der Waals surface area (Å²) in [6.07, 6.45) is 2.02. The van der Waals surface area contributed by atoms with Crippen LogP contribution in [0.5, 0.6) is 0 Å². The van der Waals surface area contributed by atoms with Gasteiger partial charge in [0.05, 0.1) is 6.54 Å². The Balaban J connectivity index is 1.41. The normalized spacial score (nSPS) is 17.7. The van der Waals surface area contributed by atoms with Crippen molar-refractivity contribution < 1.29 is 14.4 Å². The van der Waals surface area contributed by atoms with E-state index in [0.717, 1.165) is 24.0 Å². The van der Waals surface area contributed by atoms with Crippen molar-refractivity contribution in [1.29, 1.82) is 0 Å². The van der Waals surface area contributed by atoms with Crippen LogP contribution in [0.2, 0.25) is 0 Å². The van der Waals surface area contributed by atoms with E-state index in [4.69, 9.17) is 0 Å². The number of aryl methyl sites for hydroxylation is 2. The molecule has 1 heterocycles. The molecule has 7 nitrogen and oxygen atoms in total. The number of anilines is 1. The highest BCUT2D eigenvalue weighted by Crippen LogP contribution is 2.31. The van der Waals surface area contributed by atoms with E-state index in [1.807, 2.05) is 41.8 Å². The van der Waals surface area contributed by atoms with Gasteiger partial charge < -0.3 is 10.2 Å². The molecule has 0 bridgehead atoms. The molecular formula is C19H26N4O3.